The van der Waals surface area contributed by atoms with Gasteiger partial charge in [-0.1, -0.05) is 6.42 Å². The predicted molar refractivity (Wildman–Crippen MR) is 85.1 cm³/mol. The molecule has 5 heteroatoms. The van der Waals surface area contributed by atoms with E-state index in [1.165, 1.54) is 45.2 Å². The maximum atomic E-state index is 4.64. The Bertz CT molecular complexity index is 455. The summed E-state index contributed by atoms with van der Waals surface area (Å²) >= 11 is 3.49. The number of nitrogens with zero attached hydrogens (tertiary/aromatic N) is 3. The summed E-state index contributed by atoms with van der Waals surface area (Å²) in [5.74, 6) is 2.54. The minimum Gasteiger partial charge on any atom is -0.368 e. The molecule has 4 nitrogen and oxygen atoms in total. The van der Waals surface area contributed by atoms with Crippen LogP contribution in [0.15, 0.2) is 10.7 Å². The highest BCUT2D eigenvalue weighted by molar-refractivity contribution is 9.10. The van der Waals surface area contributed by atoms with Crippen molar-refractivity contribution in [1.82, 2.24) is 14.9 Å². The SMILES string of the molecule is CC(CNc1cc(Br)nc(C2CC2)n1)N1CCCCC1. The van der Waals surface area contributed by atoms with Crippen molar-refractivity contribution in [3.8, 4) is 0 Å². The van der Waals surface area contributed by atoms with E-state index in [1.807, 2.05) is 6.07 Å². The highest BCUT2D eigenvalue weighted by atomic mass is 79.9. The molecule has 2 aliphatic rings. The third kappa shape index (κ3) is 3.70. The van der Waals surface area contributed by atoms with Crippen LogP contribution in [0.5, 0.6) is 0 Å². The summed E-state index contributed by atoms with van der Waals surface area (Å²) in [6, 6.07) is 2.54. The van der Waals surface area contributed by atoms with Gasteiger partial charge in [0, 0.05) is 24.6 Å². The molecule has 0 aromatic carbocycles. The van der Waals surface area contributed by atoms with Crippen molar-refractivity contribution in [2.45, 2.75) is 51.0 Å². The lowest BCUT2D eigenvalue weighted by Gasteiger charge is -2.32. The molecule has 1 aromatic heterocycles. The van der Waals surface area contributed by atoms with Crippen LogP contribution in [0.25, 0.3) is 0 Å². The number of rotatable bonds is 5. The van der Waals surface area contributed by atoms with E-state index in [-0.39, 0.29) is 0 Å². The van der Waals surface area contributed by atoms with E-state index in [1.54, 1.807) is 0 Å². The van der Waals surface area contributed by atoms with Gasteiger partial charge in [-0.2, -0.15) is 0 Å². The van der Waals surface area contributed by atoms with Gasteiger partial charge in [0.25, 0.3) is 0 Å². The van der Waals surface area contributed by atoms with Gasteiger partial charge < -0.3 is 5.32 Å². The standard InChI is InChI=1S/C15H23BrN4/c1-11(20-7-3-2-4-8-20)10-17-14-9-13(16)18-15(19-14)12-5-6-12/h9,11-12H,2-8,10H2,1H3,(H,17,18,19). The van der Waals surface area contributed by atoms with Crippen molar-refractivity contribution < 1.29 is 0 Å². The molecule has 1 saturated carbocycles. The third-order valence-corrected chi connectivity index (χ3v) is 4.65. The molecule has 2 fully saturated rings. The summed E-state index contributed by atoms with van der Waals surface area (Å²) in [7, 11) is 0. The molecular weight excluding hydrogens is 316 g/mol. The Morgan fingerprint density at radius 1 is 1.30 bits per heavy atom. The minimum absolute atomic E-state index is 0.563. The van der Waals surface area contributed by atoms with Crippen molar-refractivity contribution in [1.29, 1.82) is 0 Å². The second kappa shape index (κ2) is 6.39. The highest BCUT2D eigenvalue weighted by Crippen LogP contribution is 2.38. The fourth-order valence-corrected chi connectivity index (χ4v) is 3.19. The smallest absolute Gasteiger partial charge is 0.135 e. The summed E-state index contributed by atoms with van der Waals surface area (Å²) < 4.78 is 0.891. The molecule has 0 radical (unpaired) electrons. The van der Waals surface area contributed by atoms with Gasteiger partial charge >= 0.3 is 0 Å². The molecule has 0 spiro atoms. The Kier molecular flexibility index (Phi) is 4.56. The first-order valence-electron chi connectivity index (χ1n) is 7.75. The fraction of sp³-hybridized carbons (Fsp3) is 0.733. The van der Waals surface area contributed by atoms with E-state index in [0.29, 0.717) is 12.0 Å². The van der Waals surface area contributed by atoms with Crippen molar-refractivity contribution >= 4 is 21.7 Å². The van der Waals surface area contributed by atoms with Gasteiger partial charge in [0.05, 0.1) is 0 Å². The lowest BCUT2D eigenvalue weighted by atomic mass is 10.1. The molecule has 1 saturated heterocycles. The van der Waals surface area contributed by atoms with E-state index < -0.39 is 0 Å². The Morgan fingerprint density at radius 3 is 2.75 bits per heavy atom. The molecule has 0 amide bonds. The van der Waals surface area contributed by atoms with E-state index >= 15 is 0 Å². The zero-order valence-electron chi connectivity index (χ0n) is 12.1. The molecule has 2 heterocycles. The quantitative estimate of drug-likeness (QED) is 0.835. The lowest BCUT2D eigenvalue weighted by molar-refractivity contribution is 0.180. The van der Waals surface area contributed by atoms with Gasteiger partial charge in [0.15, 0.2) is 0 Å². The topological polar surface area (TPSA) is 41.1 Å². The van der Waals surface area contributed by atoms with E-state index in [9.17, 15) is 0 Å². The summed E-state index contributed by atoms with van der Waals surface area (Å²) in [4.78, 5) is 11.7. The molecule has 1 aliphatic carbocycles. The van der Waals surface area contributed by atoms with Crippen molar-refractivity contribution in [2.75, 3.05) is 25.0 Å². The molecule has 3 rings (SSSR count). The van der Waals surface area contributed by atoms with Crippen LogP contribution in [-0.4, -0.2) is 40.5 Å². The van der Waals surface area contributed by atoms with Gasteiger partial charge in [0.1, 0.15) is 16.2 Å². The van der Waals surface area contributed by atoms with E-state index in [0.717, 1.165) is 22.8 Å². The summed E-state index contributed by atoms with van der Waals surface area (Å²) in [6.07, 6.45) is 6.55. The zero-order valence-corrected chi connectivity index (χ0v) is 13.7. The molecule has 1 atom stereocenters. The first-order valence-corrected chi connectivity index (χ1v) is 8.54. The molecule has 1 aliphatic heterocycles. The molecule has 1 N–H and O–H groups in total. The monoisotopic (exact) mass is 338 g/mol. The number of piperidine rings is 1. The second-order valence-corrected chi connectivity index (χ2v) is 6.85. The molecule has 1 unspecified atom stereocenters. The maximum absolute atomic E-state index is 4.64. The summed E-state index contributed by atoms with van der Waals surface area (Å²) in [5.41, 5.74) is 0. The van der Waals surface area contributed by atoms with Gasteiger partial charge in [-0.3, -0.25) is 4.90 Å². The van der Waals surface area contributed by atoms with Gasteiger partial charge in [0.2, 0.25) is 0 Å². The van der Waals surface area contributed by atoms with Gasteiger partial charge in [-0.05, 0) is 61.6 Å². The summed E-state index contributed by atoms with van der Waals surface area (Å²) in [5, 5.41) is 3.48. The Morgan fingerprint density at radius 2 is 2.05 bits per heavy atom. The molecule has 1 aromatic rings. The molecule has 110 valence electrons. The Balaban J connectivity index is 1.57. The second-order valence-electron chi connectivity index (χ2n) is 6.03. The third-order valence-electron chi connectivity index (χ3n) is 4.25. The minimum atomic E-state index is 0.563. The number of aromatic nitrogens is 2. The molecule has 0 bridgehead atoms. The largest absolute Gasteiger partial charge is 0.368 e. The lowest BCUT2D eigenvalue weighted by Crippen LogP contribution is -2.41. The number of hydrogen-bond acceptors (Lipinski definition) is 4. The van der Waals surface area contributed by atoms with Crippen LogP contribution >= 0.6 is 15.9 Å². The van der Waals surface area contributed by atoms with Gasteiger partial charge in [-0.15, -0.1) is 0 Å². The van der Waals surface area contributed by atoms with Crippen LogP contribution in [-0.2, 0) is 0 Å². The number of nitrogens with one attached hydrogen (secondary N) is 1. The van der Waals surface area contributed by atoms with E-state index in [2.05, 4.69) is 43.0 Å². The number of halogens is 1. The Hall–Kier alpha value is -0.680. The van der Waals surface area contributed by atoms with Crippen LogP contribution in [0.2, 0.25) is 0 Å². The highest BCUT2D eigenvalue weighted by Gasteiger charge is 2.27. The van der Waals surface area contributed by atoms with Crippen molar-refractivity contribution in [3.63, 3.8) is 0 Å². The van der Waals surface area contributed by atoms with Crippen LogP contribution < -0.4 is 5.32 Å². The van der Waals surface area contributed by atoms with E-state index in [4.69, 9.17) is 0 Å². The Labute approximate surface area is 129 Å². The molecule has 20 heavy (non-hydrogen) atoms. The van der Waals surface area contributed by atoms with Crippen LogP contribution in [0.4, 0.5) is 5.82 Å². The van der Waals surface area contributed by atoms with Crippen molar-refractivity contribution in [2.24, 2.45) is 0 Å². The summed E-state index contributed by atoms with van der Waals surface area (Å²) in [6.45, 7) is 5.73. The molecular formula is C15H23BrN4. The van der Waals surface area contributed by atoms with Crippen LogP contribution in [0.1, 0.15) is 50.8 Å². The maximum Gasteiger partial charge on any atom is 0.135 e. The number of anilines is 1. The number of hydrogen-bond donors (Lipinski definition) is 1. The fourth-order valence-electron chi connectivity index (χ4n) is 2.79. The number of likely N-dealkylation sites (tertiary alicyclic amines) is 1. The predicted octanol–water partition coefficient (Wildman–Crippen LogP) is 3.40. The average Bonchev–Trinajstić information content (AvgIpc) is 3.30. The first-order chi connectivity index (χ1) is 9.72. The zero-order chi connectivity index (χ0) is 13.9. The van der Waals surface area contributed by atoms with Crippen LogP contribution in [0, 0.1) is 0 Å². The first kappa shape index (κ1) is 14.3. The van der Waals surface area contributed by atoms with Crippen LogP contribution in [0.3, 0.4) is 0 Å². The normalized spacial score (nSPS) is 21.7. The van der Waals surface area contributed by atoms with Gasteiger partial charge in [-0.25, -0.2) is 9.97 Å². The average molecular weight is 339 g/mol. The van der Waals surface area contributed by atoms with Crippen molar-refractivity contribution in [3.05, 3.63) is 16.5 Å².